The number of benzene rings is 3. The van der Waals surface area contributed by atoms with Gasteiger partial charge in [-0.3, -0.25) is 4.79 Å². The monoisotopic (exact) mass is 504 g/mol. The van der Waals surface area contributed by atoms with E-state index in [4.69, 9.17) is 4.74 Å². The number of carbonyl (C=O) groups is 1. The Bertz CT molecular complexity index is 1240. The first-order chi connectivity index (χ1) is 15.9. The summed E-state index contributed by atoms with van der Waals surface area (Å²) in [5.41, 5.74) is 3.56. The lowest BCUT2D eigenvalue weighted by atomic mass is 10.0. The largest absolute Gasteiger partial charge is 0.487 e. The van der Waals surface area contributed by atoms with E-state index < -0.39 is 11.7 Å². The van der Waals surface area contributed by atoms with Crippen molar-refractivity contribution in [3.05, 3.63) is 111 Å². The van der Waals surface area contributed by atoms with Gasteiger partial charge in [-0.1, -0.05) is 48.0 Å². The van der Waals surface area contributed by atoms with Gasteiger partial charge in [0, 0.05) is 0 Å². The van der Waals surface area contributed by atoms with E-state index in [1.807, 2.05) is 43.3 Å². The molecule has 6 heteroatoms. The fraction of sp³-hybridized carbons (Fsp3) is 0.111. The molecule has 1 N–H and O–H groups in total. The molecule has 0 saturated heterocycles. The molecule has 0 heterocycles. The first-order valence-corrected chi connectivity index (χ1v) is 11.0. The van der Waals surface area contributed by atoms with Crippen LogP contribution >= 0.6 is 15.9 Å². The Morgan fingerprint density at radius 1 is 1.21 bits per heavy atom. The van der Waals surface area contributed by atoms with E-state index >= 15 is 0 Å². The second-order valence-electron chi connectivity index (χ2n) is 7.36. The Morgan fingerprint density at radius 2 is 1.94 bits per heavy atom. The molecule has 0 radical (unpaired) electrons. The molecule has 4 nitrogen and oxygen atoms in total. The van der Waals surface area contributed by atoms with E-state index in [1.54, 1.807) is 18.2 Å². The Kier molecular flexibility index (Phi) is 8.17. The van der Waals surface area contributed by atoms with Crippen LogP contribution in [0.1, 0.15) is 22.3 Å². The van der Waals surface area contributed by atoms with Gasteiger partial charge in [-0.2, -0.15) is 5.26 Å². The van der Waals surface area contributed by atoms with Crippen LogP contribution in [0.15, 0.2) is 83.4 Å². The van der Waals surface area contributed by atoms with E-state index in [-0.39, 0.29) is 11.3 Å². The first-order valence-electron chi connectivity index (χ1n) is 10.2. The molecule has 0 aliphatic rings. The smallest absolute Gasteiger partial charge is 0.266 e. The van der Waals surface area contributed by atoms with Gasteiger partial charge in [-0.15, -0.1) is 6.58 Å². The van der Waals surface area contributed by atoms with Crippen molar-refractivity contribution in [2.45, 2.75) is 20.0 Å². The van der Waals surface area contributed by atoms with E-state index in [0.29, 0.717) is 28.8 Å². The number of hydrogen-bond acceptors (Lipinski definition) is 3. The summed E-state index contributed by atoms with van der Waals surface area (Å²) in [5.74, 6) is -0.597. The highest BCUT2D eigenvalue weighted by molar-refractivity contribution is 9.10. The molecule has 0 spiro atoms. The maximum Gasteiger partial charge on any atom is 0.266 e. The number of para-hydroxylation sites is 1. The molecule has 0 unspecified atom stereocenters. The Labute approximate surface area is 201 Å². The molecule has 166 valence electrons. The number of ether oxygens (including phenoxy) is 1. The van der Waals surface area contributed by atoms with Gasteiger partial charge < -0.3 is 10.1 Å². The molecule has 3 aromatic rings. The summed E-state index contributed by atoms with van der Waals surface area (Å²) >= 11 is 3.54. The molecule has 0 aliphatic heterocycles. The average molecular weight is 505 g/mol. The van der Waals surface area contributed by atoms with Crippen molar-refractivity contribution < 1.29 is 13.9 Å². The summed E-state index contributed by atoms with van der Waals surface area (Å²) in [6, 6.07) is 19.4. The Morgan fingerprint density at radius 3 is 2.61 bits per heavy atom. The minimum absolute atomic E-state index is 0.0111. The summed E-state index contributed by atoms with van der Waals surface area (Å²) in [6.45, 7) is 6.23. The van der Waals surface area contributed by atoms with Crippen LogP contribution in [-0.4, -0.2) is 5.91 Å². The maximum atomic E-state index is 13.8. The lowest BCUT2D eigenvalue weighted by Gasteiger charge is -2.14. The summed E-state index contributed by atoms with van der Waals surface area (Å²) in [5, 5.41) is 11.9. The number of allylic oxidation sites excluding steroid dienone is 1. The molecule has 0 saturated carbocycles. The number of rotatable bonds is 8. The third-order valence-corrected chi connectivity index (χ3v) is 5.40. The number of aryl methyl sites for hydroxylation is 1. The zero-order valence-corrected chi connectivity index (χ0v) is 19.7. The minimum atomic E-state index is -0.691. The van der Waals surface area contributed by atoms with Crippen molar-refractivity contribution in [1.82, 2.24) is 0 Å². The fourth-order valence-corrected chi connectivity index (χ4v) is 3.77. The van der Waals surface area contributed by atoms with Crippen molar-refractivity contribution in [3.63, 3.8) is 0 Å². The van der Waals surface area contributed by atoms with Crippen LogP contribution in [-0.2, 0) is 17.8 Å². The van der Waals surface area contributed by atoms with Crippen molar-refractivity contribution in [3.8, 4) is 11.8 Å². The van der Waals surface area contributed by atoms with Crippen LogP contribution in [0, 0.1) is 24.1 Å². The van der Waals surface area contributed by atoms with Crippen LogP contribution in [0.2, 0.25) is 0 Å². The standard InChI is InChI=1S/C27H22BrFN2O2/c1-3-6-21-13-20(14-22(16-30)27(32)31-25-8-5-4-7-24(25)29)15-23(28)26(21)33-17-19-11-9-18(2)10-12-19/h3-5,7-15H,1,6,17H2,2H3,(H,31,32)/b22-14-. The number of nitrogens with zero attached hydrogens (tertiary/aromatic N) is 1. The Balaban J connectivity index is 1.86. The second-order valence-corrected chi connectivity index (χ2v) is 8.22. The lowest BCUT2D eigenvalue weighted by Crippen LogP contribution is -2.14. The number of halogens is 2. The van der Waals surface area contributed by atoms with Crippen LogP contribution in [0.25, 0.3) is 6.08 Å². The van der Waals surface area contributed by atoms with Gasteiger partial charge in [0.05, 0.1) is 10.2 Å². The van der Waals surface area contributed by atoms with Crippen molar-refractivity contribution in [2.24, 2.45) is 0 Å². The highest BCUT2D eigenvalue weighted by atomic mass is 79.9. The van der Waals surface area contributed by atoms with Gasteiger partial charge in [0.1, 0.15) is 29.8 Å². The van der Waals surface area contributed by atoms with E-state index in [0.717, 1.165) is 11.1 Å². The summed E-state index contributed by atoms with van der Waals surface area (Å²) in [4.78, 5) is 12.5. The zero-order valence-electron chi connectivity index (χ0n) is 18.1. The predicted molar refractivity (Wildman–Crippen MR) is 132 cm³/mol. The van der Waals surface area contributed by atoms with Gasteiger partial charge in [0.15, 0.2) is 0 Å². The molecule has 3 aromatic carbocycles. The van der Waals surface area contributed by atoms with Crippen molar-refractivity contribution in [2.75, 3.05) is 5.32 Å². The molecule has 3 rings (SSSR count). The van der Waals surface area contributed by atoms with Gasteiger partial charge in [-0.25, -0.2) is 4.39 Å². The SMILES string of the molecule is C=CCc1cc(/C=C(/C#N)C(=O)Nc2ccccc2F)cc(Br)c1OCc1ccc(C)cc1. The quantitative estimate of drug-likeness (QED) is 0.209. The minimum Gasteiger partial charge on any atom is -0.487 e. The predicted octanol–water partition coefficient (Wildman–Crippen LogP) is 6.75. The topological polar surface area (TPSA) is 62.1 Å². The number of hydrogen-bond donors (Lipinski definition) is 1. The molecule has 0 aliphatic carbocycles. The highest BCUT2D eigenvalue weighted by Crippen LogP contribution is 2.33. The van der Waals surface area contributed by atoms with Crippen molar-refractivity contribution in [1.29, 1.82) is 5.26 Å². The average Bonchev–Trinajstić information content (AvgIpc) is 2.79. The molecule has 0 aromatic heterocycles. The number of amides is 1. The molecule has 1 amide bonds. The summed E-state index contributed by atoms with van der Waals surface area (Å²) in [7, 11) is 0. The van der Waals surface area contributed by atoms with E-state index in [2.05, 4.69) is 27.8 Å². The fourth-order valence-electron chi connectivity index (χ4n) is 3.13. The maximum absolute atomic E-state index is 13.8. The first kappa shape index (κ1) is 24.0. The van der Waals surface area contributed by atoms with Crippen LogP contribution in [0.4, 0.5) is 10.1 Å². The third-order valence-electron chi connectivity index (χ3n) is 4.81. The lowest BCUT2D eigenvalue weighted by molar-refractivity contribution is -0.112. The van der Waals surface area contributed by atoms with E-state index in [1.165, 1.54) is 29.8 Å². The van der Waals surface area contributed by atoms with Gasteiger partial charge in [-0.05, 0) is 76.3 Å². The molecule has 0 fully saturated rings. The summed E-state index contributed by atoms with van der Waals surface area (Å²) in [6.07, 6.45) is 3.74. The van der Waals surface area contributed by atoms with Crippen LogP contribution in [0.3, 0.4) is 0 Å². The van der Waals surface area contributed by atoms with Crippen LogP contribution < -0.4 is 10.1 Å². The van der Waals surface area contributed by atoms with Gasteiger partial charge in [0.2, 0.25) is 0 Å². The van der Waals surface area contributed by atoms with E-state index in [9.17, 15) is 14.4 Å². The van der Waals surface area contributed by atoms with Gasteiger partial charge >= 0.3 is 0 Å². The zero-order chi connectivity index (χ0) is 23.8. The Hall–Kier alpha value is -3.69. The normalized spacial score (nSPS) is 10.9. The number of nitriles is 1. The molecule has 33 heavy (non-hydrogen) atoms. The molecular weight excluding hydrogens is 483 g/mol. The highest BCUT2D eigenvalue weighted by Gasteiger charge is 2.14. The number of carbonyl (C=O) groups excluding carboxylic acids is 1. The second kappa shape index (κ2) is 11.3. The number of anilines is 1. The third kappa shape index (κ3) is 6.41. The van der Waals surface area contributed by atoms with Crippen molar-refractivity contribution >= 4 is 33.6 Å². The van der Waals surface area contributed by atoms with Gasteiger partial charge in [0.25, 0.3) is 5.91 Å². The van der Waals surface area contributed by atoms with Crippen LogP contribution in [0.5, 0.6) is 5.75 Å². The molecule has 0 bridgehead atoms. The number of nitrogens with one attached hydrogen (secondary N) is 1. The summed E-state index contributed by atoms with van der Waals surface area (Å²) < 4.78 is 20.6. The molecule has 0 atom stereocenters. The molecular formula is C27H22BrFN2O2.